The van der Waals surface area contributed by atoms with Crippen molar-refractivity contribution in [2.24, 2.45) is 0 Å². The Morgan fingerprint density at radius 2 is 1.85 bits per heavy atom. The van der Waals surface area contributed by atoms with Gasteiger partial charge < -0.3 is 4.74 Å². The van der Waals surface area contributed by atoms with Crippen molar-refractivity contribution in [3.05, 3.63) is 76.3 Å². The molecule has 1 amide bonds. The fourth-order valence-corrected chi connectivity index (χ4v) is 4.19. The summed E-state index contributed by atoms with van der Waals surface area (Å²) in [7, 11) is 1.58. The van der Waals surface area contributed by atoms with E-state index in [4.69, 9.17) is 4.74 Å². The maximum Gasteiger partial charge on any atom is 0.257 e. The Morgan fingerprint density at radius 3 is 2.56 bits per heavy atom. The van der Waals surface area contributed by atoms with Gasteiger partial charge in [0.25, 0.3) is 5.91 Å². The van der Waals surface area contributed by atoms with Crippen molar-refractivity contribution in [2.75, 3.05) is 12.4 Å². The third-order valence-electron chi connectivity index (χ3n) is 4.67. The van der Waals surface area contributed by atoms with Gasteiger partial charge in [-0.15, -0.1) is 0 Å². The van der Waals surface area contributed by atoms with Gasteiger partial charge in [-0.1, -0.05) is 41.7 Å². The SMILES string of the molecule is COc1ccc(C(=O)Nc2nc3c(s2)C(=O)CC(c2ccccc2)C3)cc1. The molecule has 0 bridgehead atoms. The second kappa shape index (κ2) is 7.32. The number of rotatable bonds is 4. The van der Waals surface area contributed by atoms with Gasteiger partial charge in [-0.25, -0.2) is 4.98 Å². The van der Waals surface area contributed by atoms with Crippen molar-refractivity contribution in [1.29, 1.82) is 0 Å². The molecule has 0 radical (unpaired) electrons. The highest BCUT2D eigenvalue weighted by Crippen LogP contribution is 2.36. The van der Waals surface area contributed by atoms with Crippen molar-refractivity contribution >= 4 is 28.2 Å². The number of nitrogens with zero attached hydrogens (tertiary/aromatic N) is 1. The Hall–Kier alpha value is -2.99. The quantitative estimate of drug-likeness (QED) is 0.734. The third kappa shape index (κ3) is 3.61. The predicted molar refractivity (Wildman–Crippen MR) is 105 cm³/mol. The zero-order chi connectivity index (χ0) is 18.8. The van der Waals surface area contributed by atoms with Crippen LogP contribution < -0.4 is 10.1 Å². The molecular weight excluding hydrogens is 360 g/mol. The van der Waals surface area contributed by atoms with Gasteiger partial charge >= 0.3 is 0 Å². The number of hydrogen-bond donors (Lipinski definition) is 1. The number of hydrogen-bond acceptors (Lipinski definition) is 5. The number of aromatic nitrogens is 1. The fourth-order valence-electron chi connectivity index (χ4n) is 3.26. The molecule has 0 saturated carbocycles. The maximum absolute atomic E-state index is 12.6. The monoisotopic (exact) mass is 378 g/mol. The van der Waals surface area contributed by atoms with E-state index in [0.29, 0.717) is 34.2 Å². The summed E-state index contributed by atoms with van der Waals surface area (Å²) in [5.74, 6) is 0.663. The standard InChI is InChI=1S/C21H18N2O3S/c1-26-16-9-7-14(8-10-16)20(25)23-21-22-17-11-15(12-18(24)19(17)27-21)13-5-3-2-4-6-13/h2-10,15H,11-12H2,1H3,(H,22,23,25). The van der Waals surface area contributed by atoms with Gasteiger partial charge in [-0.3, -0.25) is 14.9 Å². The molecule has 136 valence electrons. The van der Waals surface area contributed by atoms with Crippen LogP contribution in [-0.4, -0.2) is 23.8 Å². The van der Waals surface area contributed by atoms with Gasteiger partial charge in [0, 0.05) is 12.0 Å². The van der Waals surface area contributed by atoms with Gasteiger partial charge in [0.15, 0.2) is 10.9 Å². The molecule has 1 atom stereocenters. The Bertz CT molecular complexity index is 980. The molecule has 1 aliphatic carbocycles. The number of anilines is 1. The average Bonchev–Trinajstić information content (AvgIpc) is 3.11. The summed E-state index contributed by atoms with van der Waals surface area (Å²) >= 11 is 1.25. The van der Waals surface area contributed by atoms with Crippen LogP contribution in [0.5, 0.6) is 5.75 Å². The van der Waals surface area contributed by atoms with Crippen LogP contribution in [0.1, 0.15) is 43.6 Å². The van der Waals surface area contributed by atoms with Crippen molar-refractivity contribution in [2.45, 2.75) is 18.8 Å². The number of ether oxygens (including phenoxy) is 1. The molecule has 27 heavy (non-hydrogen) atoms. The van der Waals surface area contributed by atoms with E-state index in [9.17, 15) is 9.59 Å². The summed E-state index contributed by atoms with van der Waals surface area (Å²) in [6, 6.07) is 16.9. The average molecular weight is 378 g/mol. The lowest BCUT2D eigenvalue weighted by Gasteiger charge is -2.20. The van der Waals surface area contributed by atoms with E-state index in [1.807, 2.05) is 30.3 Å². The van der Waals surface area contributed by atoms with Crippen LogP contribution in [0.2, 0.25) is 0 Å². The highest BCUT2D eigenvalue weighted by atomic mass is 32.1. The smallest absolute Gasteiger partial charge is 0.257 e. The minimum atomic E-state index is -0.254. The predicted octanol–water partition coefficient (Wildman–Crippen LogP) is 4.32. The Kier molecular flexibility index (Phi) is 4.73. The number of ketones is 1. The molecule has 1 heterocycles. The minimum absolute atomic E-state index is 0.0903. The molecule has 6 heteroatoms. The van der Waals surface area contributed by atoms with Crippen LogP contribution in [0, 0.1) is 0 Å². The summed E-state index contributed by atoms with van der Waals surface area (Å²) < 4.78 is 5.10. The van der Waals surface area contributed by atoms with Crippen molar-refractivity contribution < 1.29 is 14.3 Å². The molecule has 0 fully saturated rings. The van der Waals surface area contributed by atoms with E-state index < -0.39 is 0 Å². The van der Waals surface area contributed by atoms with E-state index in [-0.39, 0.29) is 17.6 Å². The Morgan fingerprint density at radius 1 is 1.11 bits per heavy atom. The van der Waals surface area contributed by atoms with E-state index >= 15 is 0 Å². The second-order valence-corrected chi connectivity index (χ2v) is 7.42. The summed E-state index contributed by atoms with van der Waals surface area (Å²) in [5.41, 5.74) is 2.43. The number of benzene rings is 2. The lowest BCUT2D eigenvalue weighted by Crippen LogP contribution is -2.17. The number of amides is 1. The van der Waals surface area contributed by atoms with Gasteiger partial charge in [0.05, 0.1) is 17.7 Å². The molecule has 0 saturated heterocycles. The molecule has 0 spiro atoms. The Balaban J connectivity index is 1.52. The zero-order valence-corrected chi connectivity index (χ0v) is 15.6. The summed E-state index contributed by atoms with van der Waals surface area (Å²) in [6.07, 6.45) is 1.19. The highest BCUT2D eigenvalue weighted by molar-refractivity contribution is 7.17. The van der Waals surface area contributed by atoms with Crippen LogP contribution in [0.4, 0.5) is 5.13 Å². The van der Waals surface area contributed by atoms with Crippen molar-refractivity contribution in [3.8, 4) is 5.75 Å². The molecule has 1 N–H and O–H groups in total. The largest absolute Gasteiger partial charge is 0.497 e. The molecule has 5 nitrogen and oxygen atoms in total. The molecule has 1 aliphatic rings. The summed E-state index contributed by atoms with van der Waals surface area (Å²) in [5, 5.41) is 3.26. The number of carbonyl (C=O) groups is 2. The first-order chi connectivity index (χ1) is 13.1. The fraction of sp³-hybridized carbons (Fsp3) is 0.190. The van der Waals surface area contributed by atoms with Crippen molar-refractivity contribution in [1.82, 2.24) is 4.98 Å². The first kappa shape index (κ1) is 17.4. The zero-order valence-electron chi connectivity index (χ0n) is 14.8. The molecule has 1 aromatic heterocycles. The van der Waals surface area contributed by atoms with Crippen LogP contribution in [0.3, 0.4) is 0 Å². The van der Waals surface area contributed by atoms with Gasteiger partial charge in [-0.05, 0) is 42.2 Å². The van der Waals surface area contributed by atoms with Crippen LogP contribution in [0.15, 0.2) is 54.6 Å². The van der Waals surface area contributed by atoms with Gasteiger partial charge in [0.1, 0.15) is 5.75 Å². The first-order valence-electron chi connectivity index (χ1n) is 8.67. The second-order valence-electron chi connectivity index (χ2n) is 6.42. The van der Waals surface area contributed by atoms with Crippen LogP contribution in [-0.2, 0) is 6.42 Å². The van der Waals surface area contributed by atoms with Gasteiger partial charge in [-0.2, -0.15) is 0 Å². The normalized spacial score (nSPS) is 15.9. The Labute approximate surface area is 161 Å². The molecule has 2 aromatic carbocycles. The summed E-state index contributed by atoms with van der Waals surface area (Å²) in [4.78, 5) is 30.2. The number of methoxy groups -OCH3 is 1. The first-order valence-corrected chi connectivity index (χ1v) is 9.49. The number of Topliss-reactive ketones (excluding diaryl/α,β-unsaturated/α-hetero) is 1. The van der Waals surface area contributed by atoms with E-state index in [1.54, 1.807) is 31.4 Å². The van der Waals surface area contributed by atoms with Crippen LogP contribution >= 0.6 is 11.3 Å². The van der Waals surface area contributed by atoms with E-state index in [2.05, 4.69) is 10.3 Å². The number of thiazole rings is 1. The summed E-state index contributed by atoms with van der Waals surface area (Å²) in [6.45, 7) is 0. The molecule has 1 unspecified atom stereocenters. The number of fused-ring (bicyclic) bond motifs is 1. The lowest BCUT2D eigenvalue weighted by molar-refractivity contribution is 0.0967. The van der Waals surface area contributed by atoms with Crippen molar-refractivity contribution in [3.63, 3.8) is 0 Å². The number of nitrogens with one attached hydrogen (secondary N) is 1. The highest BCUT2D eigenvalue weighted by Gasteiger charge is 2.30. The van der Waals surface area contributed by atoms with E-state index in [0.717, 1.165) is 11.3 Å². The third-order valence-corrected chi connectivity index (χ3v) is 5.72. The molecule has 4 rings (SSSR count). The topological polar surface area (TPSA) is 68.3 Å². The van der Waals surface area contributed by atoms with E-state index in [1.165, 1.54) is 11.3 Å². The minimum Gasteiger partial charge on any atom is -0.497 e. The molecular formula is C21H18N2O3S. The number of carbonyl (C=O) groups excluding carboxylic acids is 2. The van der Waals surface area contributed by atoms with Crippen LogP contribution in [0.25, 0.3) is 0 Å². The molecule has 3 aromatic rings. The maximum atomic E-state index is 12.6. The van der Waals surface area contributed by atoms with Gasteiger partial charge in [0.2, 0.25) is 0 Å². The lowest BCUT2D eigenvalue weighted by atomic mass is 9.85. The molecule has 0 aliphatic heterocycles.